The smallest absolute Gasteiger partial charge is 0.148 e. The van der Waals surface area contributed by atoms with E-state index >= 15 is 0 Å². The van der Waals surface area contributed by atoms with E-state index in [0.717, 1.165) is 62.3 Å². The molecule has 140 valence electrons. The highest BCUT2D eigenvalue weighted by Gasteiger charge is 2.26. The van der Waals surface area contributed by atoms with Gasteiger partial charge in [0.25, 0.3) is 0 Å². The maximum atomic E-state index is 14.8. The van der Waals surface area contributed by atoms with E-state index in [4.69, 9.17) is 10.5 Å². The Labute approximate surface area is 150 Å². The molecular weight excluding hydrogens is 317 g/mol. The minimum atomic E-state index is -0.144. The van der Waals surface area contributed by atoms with Crippen LogP contribution in [0.2, 0.25) is 0 Å². The van der Waals surface area contributed by atoms with Crippen LogP contribution in [0, 0.1) is 18.7 Å². The van der Waals surface area contributed by atoms with Crippen molar-refractivity contribution in [3.05, 3.63) is 23.5 Å². The predicted molar refractivity (Wildman–Crippen MR) is 102 cm³/mol. The highest BCUT2D eigenvalue weighted by atomic mass is 19.1. The lowest BCUT2D eigenvalue weighted by Crippen LogP contribution is -2.46. The summed E-state index contributed by atoms with van der Waals surface area (Å²) in [6, 6.07) is 4.08. The Kier molecular flexibility index (Phi) is 5.85. The zero-order valence-corrected chi connectivity index (χ0v) is 15.7. The molecule has 5 heteroatoms. The molecule has 0 bridgehead atoms. The fourth-order valence-corrected chi connectivity index (χ4v) is 4.25. The second kappa shape index (κ2) is 7.92. The Morgan fingerprint density at radius 2 is 1.80 bits per heavy atom. The largest absolute Gasteiger partial charge is 0.385 e. The molecule has 0 spiro atoms. The summed E-state index contributed by atoms with van der Waals surface area (Å²) in [6.07, 6.45) is 4.78. The van der Waals surface area contributed by atoms with Gasteiger partial charge in [0.2, 0.25) is 0 Å². The van der Waals surface area contributed by atoms with Crippen molar-refractivity contribution in [1.29, 1.82) is 0 Å². The third-order valence-corrected chi connectivity index (χ3v) is 5.48. The minimum absolute atomic E-state index is 0.123. The summed E-state index contributed by atoms with van der Waals surface area (Å²) in [5.74, 6) is 0.498. The van der Waals surface area contributed by atoms with Gasteiger partial charge in [-0.2, -0.15) is 0 Å². The Morgan fingerprint density at radius 1 is 1.16 bits per heavy atom. The van der Waals surface area contributed by atoms with Crippen LogP contribution >= 0.6 is 0 Å². The molecule has 0 radical (unpaired) electrons. The number of nitrogens with two attached hydrogens (primary N) is 1. The molecule has 3 N–H and O–H groups in total. The zero-order valence-electron chi connectivity index (χ0n) is 15.7. The van der Waals surface area contributed by atoms with Gasteiger partial charge in [0.1, 0.15) is 5.82 Å². The number of morpholine rings is 1. The van der Waals surface area contributed by atoms with Gasteiger partial charge < -0.3 is 20.7 Å². The molecule has 0 amide bonds. The zero-order chi connectivity index (χ0) is 18.0. The van der Waals surface area contributed by atoms with E-state index in [-0.39, 0.29) is 18.0 Å². The molecule has 0 unspecified atom stereocenters. The van der Waals surface area contributed by atoms with E-state index in [0.29, 0.717) is 12.0 Å². The fraction of sp³-hybridized carbons (Fsp3) is 0.700. The van der Waals surface area contributed by atoms with E-state index in [1.165, 1.54) is 0 Å². The average molecular weight is 349 g/mol. The van der Waals surface area contributed by atoms with Crippen LogP contribution < -0.4 is 16.0 Å². The van der Waals surface area contributed by atoms with Crippen molar-refractivity contribution in [2.45, 2.75) is 64.7 Å². The summed E-state index contributed by atoms with van der Waals surface area (Å²) < 4.78 is 20.6. The lowest BCUT2D eigenvalue weighted by molar-refractivity contribution is -0.00542. The topological polar surface area (TPSA) is 50.5 Å². The molecule has 25 heavy (non-hydrogen) atoms. The first-order valence-corrected chi connectivity index (χ1v) is 9.62. The molecule has 1 saturated heterocycles. The molecule has 1 aromatic carbocycles. The molecule has 2 fully saturated rings. The first-order valence-electron chi connectivity index (χ1n) is 9.62. The van der Waals surface area contributed by atoms with Crippen LogP contribution in [-0.2, 0) is 4.74 Å². The Balaban J connectivity index is 1.65. The van der Waals surface area contributed by atoms with Gasteiger partial charge in [-0.1, -0.05) is 0 Å². The SMILES string of the molecule is Cc1cc(NC[C@H]2CC[C@H](N)CC2)cc(F)c1N1C[C@@H](C)O[C@@H](C)C1. The second-order valence-electron chi connectivity index (χ2n) is 7.95. The number of rotatable bonds is 4. The Morgan fingerprint density at radius 3 is 2.40 bits per heavy atom. The van der Waals surface area contributed by atoms with Crippen LogP contribution in [0.3, 0.4) is 0 Å². The maximum Gasteiger partial charge on any atom is 0.148 e. The van der Waals surface area contributed by atoms with Gasteiger partial charge in [0.15, 0.2) is 0 Å². The number of hydrogen-bond donors (Lipinski definition) is 2. The number of nitrogens with one attached hydrogen (secondary N) is 1. The first kappa shape index (κ1) is 18.5. The van der Waals surface area contributed by atoms with Crippen molar-refractivity contribution in [1.82, 2.24) is 0 Å². The van der Waals surface area contributed by atoms with Gasteiger partial charge >= 0.3 is 0 Å². The number of hydrogen-bond acceptors (Lipinski definition) is 4. The molecule has 1 heterocycles. The number of nitrogens with zero attached hydrogens (tertiary/aromatic N) is 1. The number of ether oxygens (including phenoxy) is 1. The maximum absolute atomic E-state index is 14.8. The van der Waals surface area contributed by atoms with E-state index < -0.39 is 0 Å². The van der Waals surface area contributed by atoms with Gasteiger partial charge in [-0.05, 0) is 70.1 Å². The van der Waals surface area contributed by atoms with Crippen molar-refractivity contribution >= 4 is 11.4 Å². The van der Waals surface area contributed by atoms with E-state index in [9.17, 15) is 4.39 Å². The molecule has 3 rings (SSSR count). The van der Waals surface area contributed by atoms with Crippen molar-refractivity contribution in [2.24, 2.45) is 11.7 Å². The molecular formula is C20H32FN3O. The summed E-state index contributed by atoms with van der Waals surface area (Å²) >= 11 is 0. The van der Waals surface area contributed by atoms with Gasteiger partial charge in [-0.25, -0.2) is 4.39 Å². The average Bonchev–Trinajstić information content (AvgIpc) is 2.53. The van der Waals surface area contributed by atoms with Crippen molar-refractivity contribution in [2.75, 3.05) is 29.9 Å². The van der Waals surface area contributed by atoms with E-state index in [1.807, 2.05) is 20.8 Å². The van der Waals surface area contributed by atoms with Crippen molar-refractivity contribution < 1.29 is 9.13 Å². The quantitative estimate of drug-likeness (QED) is 0.871. The summed E-state index contributed by atoms with van der Waals surface area (Å²) in [7, 11) is 0. The first-order chi connectivity index (χ1) is 11.9. The number of aryl methyl sites for hydroxylation is 1. The van der Waals surface area contributed by atoms with Gasteiger partial charge in [-0.3, -0.25) is 0 Å². The highest BCUT2D eigenvalue weighted by molar-refractivity contribution is 5.62. The number of anilines is 2. The van der Waals surface area contributed by atoms with Crippen LogP contribution in [0.15, 0.2) is 12.1 Å². The van der Waals surface area contributed by atoms with Crippen LogP contribution in [0.4, 0.5) is 15.8 Å². The molecule has 1 aromatic rings. The van der Waals surface area contributed by atoms with Crippen LogP contribution in [0.5, 0.6) is 0 Å². The van der Waals surface area contributed by atoms with E-state index in [1.54, 1.807) is 6.07 Å². The predicted octanol–water partition coefficient (Wildman–Crippen LogP) is 3.68. The second-order valence-corrected chi connectivity index (χ2v) is 7.95. The molecule has 1 saturated carbocycles. The van der Waals surface area contributed by atoms with Crippen LogP contribution in [0.25, 0.3) is 0 Å². The summed E-state index contributed by atoms with van der Waals surface area (Å²) in [5.41, 5.74) is 8.54. The minimum Gasteiger partial charge on any atom is -0.385 e. The van der Waals surface area contributed by atoms with Crippen LogP contribution in [-0.4, -0.2) is 37.9 Å². The summed E-state index contributed by atoms with van der Waals surface area (Å²) in [6.45, 7) is 8.45. The molecule has 2 atom stereocenters. The van der Waals surface area contributed by atoms with Crippen molar-refractivity contribution in [3.8, 4) is 0 Å². The molecule has 2 aliphatic rings. The summed E-state index contributed by atoms with van der Waals surface area (Å²) in [5, 5.41) is 3.43. The molecule has 1 aliphatic carbocycles. The number of halogens is 1. The monoisotopic (exact) mass is 349 g/mol. The van der Waals surface area contributed by atoms with Gasteiger partial charge in [0, 0.05) is 31.4 Å². The third-order valence-electron chi connectivity index (χ3n) is 5.48. The Hall–Kier alpha value is -1.33. The third kappa shape index (κ3) is 4.64. The normalized spacial score (nSPS) is 30.4. The molecule has 0 aromatic heterocycles. The van der Waals surface area contributed by atoms with Crippen molar-refractivity contribution in [3.63, 3.8) is 0 Å². The lowest BCUT2D eigenvalue weighted by atomic mass is 9.86. The highest BCUT2D eigenvalue weighted by Crippen LogP contribution is 2.31. The molecule has 4 nitrogen and oxygen atoms in total. The van der Waals surface area contributed by atoms with Crippen LogP contribution in [0.1, 0.15) is 45.1 Å². The van der Waals surface area contributed by atoms with Gasteiger partial charge in [-0.15, -0.1) is 0 Å². The molecule has 1 aliphatic heterocycles. The standard InChI is InChI=1S/C20H32FN3O/c1-13-8-18(23-10-16-4-6-17(22)7-5-16)9-19(21)20(13)24-11-14(2)25-15(3)12-24/h8-9,14-17,23H,4-7,10-12,22H2,1-3H3/t14-,15+,16-,17-. The number of benzene rings is 1. The van der Waals surface area contributed by atoms with Gasteiger partial charge in [0.05, 0.1) is 17.9 Å². The fourth-order valence-electron chi connectivity index (χ4n) is 4.25. The lowest BCUT2D eigenvalue weighted by Gasteiger charge is -2.37. The van der Waals surface area contributed by atoms with E-state index in [2.05, 4.69) is 16.3 Å². The Bertz CT molecular complexity index is 553. The summed E-state index contributed by atoms with van der Waals surface area (Å²) in [4.78, 5) is 2.12.